The minimum Gasteiger partial charge on any atom is -0.334 e. The van der Waals surface area contributed by atoms with E-state index >= 15 is 0 Å². The number of hydrogen-bond acceptors (Lipinski definition) is 1. The van der Waals surface area contributed by atoms with Crippen molar-refractivity contribution in [3.8, 4) is 27.9 Å². The van der Waals surface area contributed by atoms with Gasteiger partial charge in [0.15, 0.2) is 0 Å². The van der Waals surface area contributed by atoms with Gasteiger partial charge in [-0.05, 0) is 88.3 Å². The lowest BCUT2D eigenvalue weighted by molar-refractivity contribution is 0.787. The molecule has 2 heteroatoms. The van der Waals surface area contributed by atoms with Gasteiger partial charge in [-0.2, -0.15) is 0 Å². The van der Waals surface area contributed by atoms with Crippen LogP contribution in [0.4, 0.5) is 11.4 Å². The second-order valence-electron chi connectivity index (χ2n) is 12.9. The number of anilines is 2. The van der Waals surface area contributed by atoms with E-state index in [2.05, 4.69) is 210 Å². The molecular weight excluding hydrogens is 605 g/mol. The van der Waals surface area contributed by atoms with Gasteiger partial charge in [0.2, 0.25) is 0 Å². The van der Waals surface area contributed by atoms with Crippen LogP contribution in [0.1, 0.15) is 12.0 Å². The van der Waals surface area contributed by atoms with Crippen molar-refractivity contribution in [2.45, 2.75) is 12.5 Å². The number of fused-ring (bicyclic) bond motifs is 3. The van der Waals surface area contributed by atoms with Gasteiger partial charge in [0.05, 0.1) is 17.1 Å². The zero-order valence-electron chi connectivity index (χ0n) is 27.7. The number of nitrogens with zero attached hydrogens (tertiary/aromatic N) is 2. The molecule has 0 amide bonds. The molecule has 0 saturated heterocycles. The molecule has 1 aliphatic carbocycles. The Morgan fingerprint density at radius 1 is 0.420 bits per heavy atom. The van der Waals surface area contributed by atoms with Gasteiger partial charge in [-0.15, -0.1) is 0 Å². The Labute approximate surface area is 293 Å². The third kappa shape index (κ3) is 5.51. The molecule has 0 N–H and O–H groups in total. The van der Waals surface area contributed by atoms with E-state index in [0.29, 0.717) is 0 Å². The summed E-state index contributed by atoms with van der Waals surface area (Å²) in [6.07, 6.45) is 7.93. The highest BCUT2D eigenvalue weighted by Crippen LogP contribution is 2.37. The van der Waals surface area contributed by atoms with Crippen LogP contribution in [-0.2, 0) is 0 Å². The Morgan fingerprint density at radius 2 is 0.860 bits per heavy atom. The zero-order chi connectivity index (χ0) is 33.3. The standard InChI is InChI=1S/C48H36N2/c1-3-11-35(12-4-1)37-19-27-41(28-20-37)49(42-29-21-38(22-30-42)36-13-5-2-6-14-36)43-31-23-39(24-32-43)40-25-33-44(34-26-40)50-47-17-9-7-15-45(47)46-16-8-10-18-48(46)50/h1-29,31-34,42H,30H2. The van der Waals surface area contributed by atoms with Crippen molar-refractivity contribution in [3.05, 3.63) is 206 Å². The van der Waals surface area contributed by atoms with E-state index in [-0.39, 0.29) is 6.04 Å². The van der Waals surface area contributed by atoms with Crippen molar-refractivity contribution in [1.82, 2.24) is 4.57 Å². The van der Waals surface area contributed by atoms with Gasteiger partial charge < -0.3 is 9.47 Å². The quantitative estimate of drug-likeness (QED) is 0.168. The Hall–Kier alpha value is -6.38. The van der Waals surface area contributed by atoms with Crippen molar-refractivity contribution < 1.29 is 0 Å². The van der Waals surface area contributed by atoms with Gasteiger partial charge in [0.25, 0.3) is 0 Å². The summed E-state index contributed by atoms with van der Waals surface area (Å²) in [5.41, 5.74) is 13.4. The Morgan fingerprint density at radius 3 is 1.36 bits per heavy atom. The molecule has 1 atom stereocenters. The van der Waals surface area contributed by atoms with Crippen LogP contribution in [0.2, 0.25) is 0 Å². The lowest BCUT2D eigenvalue weighted by Gasteiger charge is -2.33. The summed E-state index contributed by atoms with van der Waals surface area (Å²) in [6.45, 7) is 0. The molecule has 0 fully saturated rings. The molecule has 1 aliphatic rings. The molecule has 50 heavy (non-hydrogen) atoms. The van der Waals surface area contributed by atoms with Gasteiger partial charge in [0.1, 0.15) is 0 Å². The first-order chi connectivity index (χ1) is 24.8. The topological polar surface area (TPSA) is 8.17 Å². The van der Waals surface area contributed by atoms with E-state index in [0.717, 1.165) is 6.42 Å². The van der Waals surface area contributed by atoms with Gasteiger partial charge in [-0.3, -0.25) is 0 Å². The summed E-state index contributed by atoms with van der Waals surface area (Å²) in [5.74, 6) is 0. The number of aromatic nitrogens is 1. The molecule has 1 heterocycles. The normalized spacial score (nSPS) is 14.2. The summed E-state index contributed by atoms with van der Waals surface area (Å²) in [6, 6.07) is 65.8. The maximum absolute atomic E-state index is 2.47. The number of para-hydroxylation sites is 2. The maximum atomic E-state index is 2.47. The Balaban J connectivity index is 1.03. The molecule has 8 aromatic rings. The predicted octanol–water partition coefficient (Wildman–Crippen LogP) is 12.7. The molecule has 0 bridgehead atoms. The lowest BCUT2D eigenvalue weighted by Crippen LogP contribution is -2.30. The van der Waals surface area contributed by atoms with E-state index in [1.807, 2.05) is 0 Å². The number of hydrogen-bond donors (Lipinski definition) is 0. The van der Waals surface area contributed by atoms with Crippen LogP contribution >= 0.6 is 0 Å². The second kappa shape index (κ2) is 12.9. The third-order valence-corrected chi connectivity index (χ3v) is 9.95. The molecule has 1 aromatic heterocycles. The molecule has 1 unspecified atom stereocenters. The molecule has 0 radical (unpaired) electrons. The third-order valence-electron chi connectivity index (χ3n) is 9.95. The first kappa shape index (κ1) is 29.7. The fourth-order valence-corrected chi connectivity index (χ4v) is 7.44. The Bertz CT molecular complexity index is 2410. The van der Waals surface area contributed by atoms with Crippen LogP contribution in [0.5, 0.6) is 0 Å². The Kier molecular flexibility index (Phi) is 7.68. The summed E-state index contributed by atoms with van der Waals surface area (Å²) in [4.78, 5) is 2.47. The van der Waals surface area contributed by atoms with Crippen LogP contribution in [0.25, 0.3) is 55.3 Å². The SMILES string of the molecule is C1=CC(N(c2ccc(-c3ccccc3)cc2)c2ccc(-c3ccc(-n4c5ccccc5c5ccccc54)cc3)cc2)CC=C1c1ccccc1. The van der Waals surface area contributed by atoms with Crippen LogP contribution < -0.4 is 4.90 Å². The fraction of sp³-hybridized carbons (Fsp3) is 0.0417. The van der Waals surface area contributed by atoms with E-state index < -0.39 is 0 Å². The molecule has 2 nitrogen and oxygen atoms in total. The predicted molar refractivity (Wildman–Crippen MR) is 212 cm³/mol. The molecule has 9 rings (SSSR count). The molecule has 238 valence electrons. The van der Waals surface area contributed by atoms with Crippen LogP contribution in [0, 0.1) is 0 Å². The summed E-state index contributed by atoms with van der Waals surface area (Å²) < 4.78 is 2.37. The molecule has 0 aliphatic heterocycles. The minimum absolute atomic E-state index is 0.196. The average Bonchev–Trinajstić information content (AvgIpc) is 3.54. The van der Waals surface area contributed by atoms with Gasteiger partial charge in [-0.1, -0.05) is 152 Å². The maximum Gasteiger partial charge on any atom is 0.0560 e. The highest BCUT2D eigenvalue weighted by molar-refractivity contribution is 6.09. The van der Waals surface area contributed by atoms with Crippen LogP contribution in [0.3, 0.4) is 0 Å². The van der Waals surface area contributed by atoms with E-state index in [9.17, 15) is 0 Å². The van der Waals surface area contributed by atoms with Crippen molar-refractivity contribution in [1.29, 1.82) is 0 Å². The highest BCUT2D eigenvalue weighted by atomic mass is 15.2. The van der Waals surface area contributed by atoms with Gasteiger partial charge in [-0.25, -0.2) is 0 Å². The van der Waals surface area contributed by atoms with Gasteiger partial charge >= 0.3 is 0 Å². The van der Waals surface area contributed by atoms with Crippen molar-refractivity contribution >= 4 is 38.8 Å². The van der Waals surface area contributed by atoms with Crippen molar-refractivity contribution in [3.63, 3.8) is 0 Å². The summed E-state index contributed by atoms with van der Waals surface area (Å²) in [5, 5.41) is 2.56. The lowest BCUT2D eigenvalue weighted by atomic mass is 9.95. The van der Waals surface area contributed by atoms with E-state index in [4.69, 9.17) is 0 Å². The number of rotatable bonds is 7. The average molecular weight is 641 g/mol. The second-order valence-corrected chi connectivity index (χ2v) is 12.9. The fourth-order valence-electron chi connectivity index (χ4n) is 7.44. The summed E-state index contributed by atoms with van der Waals surface area (Å²) in [7, 11) is 0. The van der Waals surface area contributed by atoms with Crippen LogP contribution in [-0.4, -0.2) is 10.6 Å². The molecular formula is C48H36N2. The smallest absolute Gasteiger partial charge is 0.0560 e. The van der Waals surface area contributed by atoms with Crippen molar-refractivity contribution in [2.24, 2.45) is 0 Å². The molecule has 0 spiro atoms. The van der Waals surface area contributed by atoms with E-state index in [1.54, 1.807) is 0 Å². The molecule has 7 aromatic carbocycles. The number of benzene rings is 7. The van der Waals surface area contributed by atoms with Gasteiger partial charge in [0, 0.05) is 27.8 Å². The van der Waals surface area contributed by atoms with Crippen LogP contribution in [0.15, 0.2) is 200 Å². The van der Waals surface area contributed by atoms with Crippen molar-refractivity contribution in [2.75, 3.05) is 4.90 Å². The first-order valence-corrected chi connectivity index (χ1v) is 17.4. The molecule has 0 saturated carbocycles. The number of allylic oxidation sites excluding steroid dienone is 2. The first-order valence-electron chi connectivity index (χ1n) is 17.4. The summed E-state index contributed by atoms with van der Waals surface area (Å²) >= 11 is 0. The minimum atomic E-state index is 0.196. The van der Waals surface area contributed by atoms with E-state index in [1.165, 1.54) is 72.3 Å². The largest absolute Gasteiger partial charge is 0.334 e. The monoisotopic (exact) mass is 640 g/mol. The zero-order valence-corrected chi connectivity index (χ0v) is 27.7. The highest BCUT2D eigenvalue weighted by Gasteiger charge is 2.21.